The van der Waals surface area contributed by atoms with E-state index < -0.39 is 30.6 Å². The van der Waals surface area contributed by atoms with Gasteiger partial charge in [0, 0.05) is 6.54 Å². The number of aliphatic hydroxyl groups is 1. The van der Waals surface area contributed by atoms with E-state index in [9.17, 15) is 27.9 Å². The van der Waals surface area contributed by atoms with Gasteiger partial charge in [-0.2, -0.15) is 13.2 Å². The van der Waals surface area contributed by atoms with Crippen molar-refractivity contribution in [2.45, 2.75) is 18.7 Å². The largest absolute Gasteiger partial charge is 0.467 e. The standard InChI is InChI=1S/C11H13F3N2O4/c12-11(13,14)6-16-10(19)9(18)15-4-3-7(17)8-2-1-5-20-8/h1-2,5,7,17H,3-4,6H2,(H,15,18)(H,16,19). The van der Waals surface area contributed by atoms with Crippen molar-refractivity contribution in [2.75, 3.05) is 13.1 Å². The van der Waals surface area contributed by atoms with Crippen molar-refractivity contribution < 1.29 is 32.3 Å². The summed E-state index contributed by atoms with van der Waals surface area (Å²) in [5, 5.41) is 13.1. The maximum absolute atomic E-state index is 11.8. The number of halogens is 3. The maximum atomic E-state index is 11.8. The summed E-state index contributed by atoms with van der Waals surface area (Å²) in [6.45, 7) is -1.66. The van der Waals surface area contributed by atoms with Gasteiger partial charge in [0.1, 0.15) is 18.4 Å². The number of hydrogen-bond donors (Lipinski definition) is 3. The van der Waals surface area contributed by atoms with Gasteiger partial charge >= 0.3 is 18.0 Å². The van der Waals surface area contributed by atoms with Gasteiger partial charge in [-0.15, -0.1) is 0 Å². The van der Waals surface area contributed by atoms with Crippen LogP contribution in [-0.2, 0) is 9.59 Å². The molecule has 2 amide bonds. The Hall–Kier alpha value is -2.03. The Kier molecular flexibility index (Phi) is 5.56. The van der Waals surface area contributed by atoms with E-state index >= 15 is 0 Å². The highest BCUT2D eigenvalue weighted by molar-refractivity contribution is 6.35. The molecule has 1 aromatic rings. The van der Waals surface area contributed by atoms with Gasteiger partial charge in [-0.05, 0) is 18.6 Å². The number of alkyl halides is 3. The van der Waals surface area contributed by atoms with Crippen LogP contribution >= 0.6 is 0 Å². The molecule has 1 aromatic heterocycles. The van der Waals surface area contributed by atoms with Crippen molar-refractivity contribution in [1.82, 2.24) is 10.6 Å². The summed E-state index contributed by atoms with van der Waals surface area (Å²) in [5.74, 6) is -2.28. The first kappa shape index (κ1) is 16.0. The molecule has 0 aromatic carbocycles. The van der Waals surface area contributed by atoms with Crippen LogP contribution in [0.5, 0.6) is 0 Å². The molecule has 0 saturated heterocycles. The van der Waals surface area contributed by atoms with Crippen molar-refractivity contribution >= 4 is 11.8 Å². The lowest BCUT2D eigenvalue weighted by atomic mass is 10.2. The number of nitrogens with one attached hydrogen (secondary N) is 2. The van der Waals surface area contributed by atoms with Crippen LogP contribution in [0.1, 0.15) is 18.3 Å². The summed E-state index contributed by atoms with van der Waals surface area (Å²) >= 11 is 0. The van der Waals surface area contributed by atoms with E-state index in [0.717, 1.165) is 0 Å². The average Bonchev–Trinajstić information content (AvgIpc) is 2.88. The molecule has 1 heterocycles. The van der Waals surface area contributed by atoms with Crippen molar-refractivity contribution in [3.8, 4) is 0 Å². The number of carbonyl (C=O) groups excluding carboxylic acids is 2. The molecule has 9 heteroatoms. The van der Waals surface area contributed by atoms with Crippen LogP contribution in [0.2, 0.25) is 0 Å². The Labute approximate surface area is 111 Å². The monoisotopic (exact) mass is 294 g/mol. The molecule has 1 unspecified atom stereocenters. The third kappa shape index (κ3) is 5.74. The van der Waals surface area contributed by atoms with E-state index in [2.05, 4.69) is 5.32 Å². The van der Waals surface area contributed by atoms with E-state index in [-0.39, 0.29) is 13.0 Å². The Morgan fingerprint density at radius 3 is 2.50 bits per heavy atom. The van der Waals surface area contributed by atoms with Crippen molar-refractivity contribution in [3.05, 3.63) is 24.2 Å². The minimum absolute atomic E-state index is 0.0613. The Morgan fingerprint density at radius 2 is 1.95 bits per heavy atom. The Balaban J connectivity index is 2.24. The van der Waals surface area contributed by atoms with Crippen LogP contribution in [0.25, 0.3) is 0 Å². The van der Waals surface area contributed by atoms with Gasteiger partial charge in [0.25, 0.3) is 0 Å². The summed E-state index contributed by atoms with van der Waals surface area (Å²) in [6.07, 6.45) is -4.12. The Morgan fingerprint density at radius 1 is 1.30 bits per heavy atom. The summed E-state index contributed by atoms with van der Waals surface area (Å²) < 4.78 is 40.3. The highest BCUT2D eigenvalue weighted by Gasteiger charge is 2.29. The first-order valence-electron chi connectivity index (χ1n) is 5.64. The number of furan rings is 1. The van der Waals surface area contributed by atoms with Crippen molar-refractivity contribution in [3.63, 3.8) is 0 Å². The molecule has 0 spiro atoms. The van der Waals surface area contributed by atoms with Crippen molar-refractivity contribution in [2.24, 2.45) is 0 Å². The fourth-order valence-electron chi connectivity index (χ4n) is 1.29. The summed E-state index contributed by atoms with van der Waals surface area (Å²) in [5.41, 5.74) is 0. The van der Waals surface area contributed by atoms with Crippen LogP contribution in [0.15, 0.2) is 22.8 Å². The molecule has 0 saturated carbocycles. The molecule has 112 valence electrons. The third-order valence-corrected chi connectivity index (χ3v) is 2.23. The van der Waals surface area contributed by atoms with Crippen molar-refractivity contribution in [1.29, 1.82) is 0 Å². The second-order valence-electron chi connectivity index (χ2n) is 3.87. The van der Waals surface area contributed by atoms with Crippen LogP contribution in [0.4, 0.5) is 13.2 Å². The van der Waals surface area contributed by atoms with Crippen LogP contribution in [0.3, 0.4) is 0 Å². The molecule has 0 aliphatic rings. The van der Waals surface area contributed by atoms with Gasteiger partial charge in [0.2, 0.25) is 0 Å². The predicted octanol–water partition coefficient (Wildman–Crippen LogP) is 0.498. The highest BCUT2D eigenvalue weighted by atomic mass is 19.4. The lowest BCUT2D eigenvalue weighted by molar-refractivity contribution is -0.146. The second-order valence-corrected chi connectivity index (χ2v) is 3.87. The molecule has 0 bridgehead atoms. The zero-order valence-electron chi connectivity index (χ0n) is 10.2. The minimum atomic E-state index is -4.58. The molecule has 0 aliphatic carbocycles. The van der Waals surface area contributed by atoms with E-state index in [1.54, 1.807) is 6.07 Å². The quantitative estimate of drug-likeness (QED) is 0.690. The van der Waals surface area contributed by atoms with E-state index in [0.29, 0.717) is 5.76 Å². The zero-order valence-corrected chi connectivity index (χ0v) is 10.2. The summed E-state index contributed by atoms with van der Waals surface area (Å²) in [7, 11) is 0. The van der Waals surface area contributed by atoms with E-state index in [4.69, 9.17) is 4.42 Å². The molecular formula is C11H13F3N2O4. The Bertz CT molecular complexity index is 445. The number of hydrogen-bond acceptors (Lipinski definition) is 4. The molecule has 20 heavy (non-hydrogen) atoms. The molecule has 0 aliphatic heterocycles. The van der Waals surface area contributed by atoms with Crippen LogP contribution < -0.4 is 10.6 Å². The van der Waals surface area contributed by atoms with E-state index in [1.807, 2.05) is 0 Å². The second kappa shape index (κ2) is 6.94. The number of amides is 2. The first-order chi connectivity index (χ1) is 9.29. The fourth-order valence-corrected chi connectivity index (χ4v) is 1.29. The van der Waals surface area contributed by atoms with Gasteiger partial charge < -0.3 is 20.2 Å². The fraction of sp³-hybridized carbons (Fsp3) is 0.455. The van der Waals surface area contributed by atoms with Gasteiger partial charge in [-0.25, -0.2) is 0 Å². The first-order valence-corrected chi connectivity index (χ1v) is 5.64. The lowest BCUT2D eigenvalue weighted by Gasteiger charge is -2.10. The number of carbonyl (C=O) groups is 2. The van der Waals surface area contributed by atoms with Gasteiger partial charge in [-0.1, -0.05) is 0 Å². The SMILES string of the molecule is O=C(NCCC(O)c1ccco1)C(=O)NCC(F)(F)F. The average molecular weight is 294 g/mol. The van der Waals surface area contributed by atoms with Crippen LogP contribution in [0, 0.1) is 0 Å². The lowest BCUT2D eigenvalue weighted by Crippen LogP contribution is -2.43. The zero-order chi connectivity index (χ0) is 15.2. The predicted molar refractivity (Wildman–Crippen MR) is 60.4 cm³/mol. The van der Waals surface area contributed by atoms with Gasteiger partial charge in [-0.3, -0.25) is 9.59 Å². The third-order valence-electron chi connectivity index (χ3n) is 2.23. The summed E-state index contributed by atoms with van der Waals surface area (Å²) in [4.78, 5) is 22.1. The normalized spacial score (nSPS) is 12.8. The van der Waals surface area contributed by atoms with Crippen LogP contribution in [-0.4, -0.2) is 36.2 Å². The molecule has 3 N–H and O–H groups in total. The smallest absolute Gasteiger partial charge is 0.405 e. The topological polar surface area (TPSA) is 91.6 Å². The molecular weight excluding hydrogens is 281 g/mol. The van der Waals surface area contributed by atoms with Gasteiger partial charge in [0.05, 0.1) is 6.26 Å². The molecule has 6 nitrogen and oxygen atoms in total. The molecule has 0 fully saturated rings. The maximum Gasteiger partial charge on any atom is 0.405 e. The number of rotatable bonds is 5. The summed E-state index contributed by atoms with van der Waals surface area (Å²) in [6, 6.07) is 3.10. The molecule has 0 radical (unpaired) electrons. The van der Waals surface area contributed by atoms with Gasteiger partial charge in [0.15, 0.2) is 0 Å². The van der Waals surface area contributed by atoms with E-state index in [1.165, 1.54) is 17.6 Å². The highest BCUT2D eigenvalue weighted by Crippen LogP contribution is 2.15. The number of aliphatic hydroxyl groups excluding tert-OH is 1. The minimum Gasteiger partial charge on any atom is -0.467 e. The molecule has 1 atom stereocenters. The molecule has 1 rings (SSSR count).